The van der Waals surface area contributed by atoms with Crippen molar-refractivity contribution in [2.75, 3.05) is 6.54 Å². The Balaban J connectivity index is 1.76. The highest BCUT2D eigenvalue weighted by Gasteiger charge is 2.34. The van der Waals surface area contributed by atoms with Crippen LogP contribution in [0, 0.1) is 11.3 Å². The van der Waals surface area contributed by atoms with Gasteiger partial charge in [-0.1, -0.05) is 26.2 Å². The van der Waals surface area contributed by atoms with Gasteiger partial charge in [0, 0.05) is 12.0 Å². The Hall–Kier alpha value is -0.570. The topological polar surface area (TPSA) is 49.3 Å². The number of nitrogens with one attached hydrogen (secondary N) is 1. The number of hydrogen-bond acceptors (Lipinski definition) is 2. The summed E-state index contributed by atoms with van der Waals surface area (Å²) >= 11 is 0. The first-order chi connectivity index (χ1) is 8.10. The Labute approximate surface area is 104 Å². The van der Waals surface area contributed by atoms with E-state index < -0.39 is 0 Å². The van der Waals surface area contributed by atoms with Gasteiger partial charge in [-0.05, 0) is 38.0 Å². The van der Waals surface area contributed by atoms with Crippen molar-refractivity contribution >= 4 is 5.91 Å². The van der Waals surface area contributed by atoms with Crippen LogP contribution in [0.2, 0.25) is 0 Å². The van der Waals surface area contributed by atoms with Crippen LogP contribution in [0.1, 0.15) is 58.3 Å². The van der Waals surface area contributed by atoms with Gasteiger partial charge < -0.3 is 10.4 Å². The number of aliphatic hydroxyl groups is 1. The normalized spacial score (nSPS) is 32.4. The van der Waals surface area contributed by atoms with Gasteiger partial charge in [-0.25, -0.2) is 0 Å². The molecule has 0 aliphatic heterocycles. The van der Waals surface area contributed by atoms with E-state index in [1.165, 1.54) is 19.3 Å². The van der Waals surface area contributed by atoms with Gasteiger partial charge in [-0.2, -0.15) is 0 Å². The van der Waals surface area contributed by atoms with E-state index in [0.717, 1.165) is 38.6 Å². The van der Waals surface area contributed by atoms with E-state index in [2.05, 4.69) is 12.2 Å². The van der Waals surface area contributed by atoms with Crippen molar-refractivity contribution in [3.05, 3.63) is 0 Å². The minimum atomic E-state index is -0.137. The molecule has 2 fully saturated rings. The SMILES string of the molecule is CC1(C(=O)NCC2CCC(O)C2)CCCCC1. The van der Waals surface area contributed by atoms with Gasteiger partial charge >= 0.3 is 0 Å². The maximum Gasteiger partial charge on any atom is 0.225 e. The van der Waals surface area contributed by atoms with Gasteiger partial charge in [0.05, 0.1) is 6.10 Å². The smallest absolute Gasteiger partial charge is 0.225 e. The zero-order valence-corrected chi connectivity index (χ0v) is 10.9. The van der Waals surface area contributed by atoms with Crippen LogP contribution < -0.4 is 5.32 Å². The van der Waals surface area contributed by atoms with Gasteiger partial charge in [-0.15, -0.1) is 0 Å². The molecule has 2 saturated carbocycles. The van der Waals surface area contributed by atoms with E-state index in [4.69, 9.17) is 0 Å². The molecule has 1 amide bonds. The molecular formula is C14H25NO2. The first-order valence-electron chi connectivity index (χ1n) is 7.06. The average molecular weight is 239 g/mol. The van der Waals surface area contributed by atoms with Crippen molar-refractivity contribution in [1.82, 2.24) is 5.32 Å². The lowest BCUT2D eigenvalue weighted by Crippen LogP contribution is -2.41. The molecule has 2 atom stereocenters. The molecule has 3 heteroatoms. The standard InChI is InChI=1S/C14H25NO2/c1-14(7-3-2-4-8-14)13(17)15-10-11-5-6-12(16)9-11/h11-12,16H,2-10H2,1H3,(H,15,17). The Kier molecular flexibility index (Phi) is 4.08. The summed E-state index contributed by atoms with van der Waals surface area (Å²) in [4.78, 5) is 12.2. The van der Waals surface area contributed by atoms with Crippen molar-refractivity contribution < 1.29 is 9.90 Å². The Bertz CT molecular complexity index is 271. The van der Waals surface area contributed by atoms with E-state index in [-0.39, 0.29) is 17.4 Å². The highest BCUT2D eigenvalue weighted by atomic mass is 16.3. The fraction of sp³-hybridized carbons (Fsp3) is 0.929. The molecule has 0 heterocycles. The summed E-state index contributed by atoms with van der Waals surface area (Å²) in [6.45, 7) is 2.86. The highest BCUT2D eigenvalue weighted by Crippen LogP contribution is 2.36. The van der Waals surface area contributed by atoms with Crippen molar-refractivity contribution in [3.63, 3.8) is 0 Å². The molecule has 0 aromatic carbocycles. The van der Waals surface area contributed by atoms with Gasteiger partial charge in [0.2, 0.25) is 5.91 Å². The Morgan fingerprint density at radius 1 is 1.29 bits per heavy atom. The molecule has 2 aliphatic carbocycles. The lowest BCUT2D eigenvalue weighted by Gasteiger charge is -2.32. The number of rotatable bonds is 3. The van der Waals surface area contributed by atoms with Gasteiger partial charge in [-0.3, -0.25) is 4.79 Å². The molecule has 2 N–H and O–H groups in total. The predicted molar refractivity (Wildman–Crippen MR) is 67.5 cm³/mol. The maximum absolute atomic E-state index is 12.2. The van der Waals surface area contributed by atoms with Crippen LogP contribution in [0.5, 0.6) is 0 Å². The first kappa shape index (κ1) is 12.9. The van der Waals surface area contributed by atoms with Crippen LogP contribution in [-0.4, -0.2) is 23.7 Å². The van der Waals surface area contributed by atoms with Crippen LogP contribution in [0.4, 0.5) is 0 Å². The van der Waals surface area contributed by atoms with E-state index in [0.29, 0.717) is 5.92 Å². The van der Waals surface area contributed by atoms with Crippen LogP contribution in [-0.2, 0) is 4.79 Å². The average Bonchev–Trinajstić information content (AvgIpc) is 2.73. The molecule has 0 radical (unpaired) electrons. The van der Waals surface area contributed by atoms with Crippen molar-refractivity contribution in [1.29, 1.82) is 0 Å². The fourth-order valence-electron chi connectivity index (χ4n) is 3.24. The van der Waals surface area contributed by atoms with E-state index in [9.17, 15) is 9.90 Å². The minimum Gasteiger partial charge on any atom is -0.393 e. The molecule has 0 aromatic rings. The number of aliphatic hydroxyl groups excluding tert-OH is 1. The van der Waals surface area contributed by atoms with Crippen molar-refractivity contribution in [2.24, 2.45) is 11.3 Å². The summed E-state index contributed by atoms with van der Waals surface area (Å²) in [5.41, 5.74) is -0.129. The third-order valence-electron chi connectivity index (χ3n) is 4.57. The van der Waals surface area contributed by atoms with Crippen molar-refractivity contribution in [3.8, 4) is 0 Å². The second-order valence-corrected chi connectivity index (χ2v) is 6.16. The van der Waals surface area contributed by atoms with Gasteiger partial charge in [0.1, 0.15) is 0 Å². The number of hydrogen-bond donors (Lipinski definition) is 2. The Morgan fingerprint density at radius 3 is 2.59 bits per heavy atom. The Morgan fingerprint density at radius 2 is 2.00 bits per heavy atom. The first-order valence-corrected chi connectivity index (χ1v) is 7.06. The van der Waals surface area contributed by atoms with E-state index in [1.807, 2.05) is 0 Å². The molecule has 2 unspecified atom stereocenters. The summed E-state index contributed by atoms with van der Waals surface area (Å²) in [6, 6.07) is 0. The number of carbonyl (C=O) groups excluding carboxylic acids is 1. The lowest BCUT2D eigenvalue weighted by molar-refractivity contribution is -0.132. The molecule has 2 aliphatic rings. The van der Waals surface area contributed by atoms with E-state index in [1.54, 1.807) is 0 Å². The molecular weight excluding hydrogens is 214 g/mol. The van der Waals surface area contributed by atoms with Crippen LogP contribution in [0.3, 0.4) is 0 Å². The number of carbonyl (C=O) groups is 1. The molecule has 2 rings (SSSR count). The van der Waals surface area contributed by atoms with Gasteiger partial charge in [0.15, 0.2) is 0 Å². The second-order valence-electron chi connectivity index (χ2n) is 6.16. The fourth-order valence-corrected chi connectivity index (χ4v) is 3.24. The summed E-state index contributed by atoms with van der Waals surface area (Å²) in [7, 11) is 0. The van der Waals surface area contributed by atoms with Crippen LogP contribution in [0.15, 0.2) is 0 Å². The monoisotopic (exact) mass is 239 g/mol. The second kappa shape index (κ2) is 5.38. The molecule has 17 heavy (non-hydrogen) atoms. The molecule has 0 bridgehead atoms. The number of amides is 1. The molecule has 0 aromatic heterocycles. The predicted octanol–water partition coefficient (Wildman–Crippen LogP) is 2.23. The zero-order chi connectivity index (χ0) is 12.3. The zero-order valence-electron chi connectivity index (χ0n) is 10.9. The van der Waals surface area contributed by atoms with Crippen molar-refractivity contribution in [2.45, 2.75) is 64.4 Å². The summed E-state index contributed by atoms with van der Waals surface area (Å²) in [6.07, 6.45) is 8.39. The van der Waals surface area contributed by atoms with Crippen LogP contribution >= 0.6 is 0 Å². The summed E-state index contributed by atoms with van der Waals surface area (Å²) < 4.78 is 0. The van der Waals surface area contributed by atoms with E-state index >= 15 is 0 Å². The third-order valence-corrected chi connectivity index (χ3v) is 4.57. The molecule has 98 valence electrons. The maximum atomic E-state index is 12.2. The van der Waals surface area contributed by atoms with Crippen LogP contribution in [0.25, 0.3) is 0 Å². The summed E-state index contributed by atoms with van der Waals surface area (Å²) in [5.74, 6) is 0.722. The molecule has 0 saturated heterocycles. The quantitative estimate of drug-likeness (QED) is 0.793. The van der Waals surface area contributed by atoms with Gasteiger partial charge in [0.25, 0.3) is 0 Å². The minimum absolute atomic E-state index is 0.129. The third kappa shape index (κ3) is 3.21. The largest absolute Gasteiger partial charge is 0.393 e. The highest BCUT2D eigenvalue weighted by molar-refractivity contribution is 5.82. The summed E-state index contributed by atoms with van der Waals surface area (Å²) in [5, 5.41) is 12.6. The lowest BCUT2D eigenvalue weighted by atomic mass is 9.75. The molecule has 0 spiro atoms. The molecule has 3 nitrogen and oxygen atoms in total.